The van der Waals surface area contributed by atoms with Crippen molar-refractivity contribution in [2.45, 2.75) is 18.9 Å². The molecule has 0 N–H and O–H groups in total. The van der Waals surface area contributed by atoms with Crippen molar-refractivity contribution in [2.24, 2.45) is 0 Å². The Hall–Kier alpha value is -1.29. The van der Waals surface area contributed by atoms with E-state index in [-0.39, 0.29) is 0 Å². The first-order chi connectivity index (χ1) is 8.24. The number of piperazine rings is 1. The summed E-state index contributed by atoms with van der Waals surface area (Å²) >= 11 is 5.90. The Kier molecular flexibility index (Phi) is 2.67. The van der Waals surface area contributed by atoms with Crippen molar-refractivity contribution in [3.05, 3.63) is 23.5 Å². The van der Waals surface area contributed by atoms with Crippen LogP contribution in [0.3, 0.4) is 0 Å². The minimum absolute atomic E-state index is 0.308. The minimum Gasteiger partial charge on any atom is -0.368 e. The Bertz CT molecular complexity index is 451. The highest BCUT2D eigenvalue weighted by atomic mass is 35.5. The van der Waals surface area contributed by atoms with E-state index < -0.39 is 0 Å². The second-order valence-corrected chi connectivity index (χ2v) is 4.95. The van der Waals surface area contributed by atoms with Crippen LogP contribution in [0.1, 0.15) is 12.8 Å². The highest BCUT2D eigenvalue weighted by Gasteiger charge is 2.35. The number of amides is 1. The van der Waals surface area contributed by atoms with Gasteiger partial charge in [0.15, 0.2) is 0 Å². The largest absolute Gasteiger partial charge is 0.368 e. The molecule has 0 spiro atoms. The summed E-state index contributed by atoms with van der Waals surface area (Å²) in [5, 5.41) is 0.521. The number of nitrogens with zero attached hydrogens (tertiary/aromatic N) is 3. The van der Waals surface area contributed by atoms with Gasteiger partial charge in [0, 0.05) is 44.0 Å². The molecule has 0 bridgehead atoms. The van der Waals surface area contributed by atoms with Crippen LogP contribution in [-0.2, 0) is 4.79 Å². The molecular formula is C12H14ClN3O. The first-order valence-electron chi connectivity index (χ1n) is 5.90. The van der Waals surface area contributed by atoms with Crippen LogP contribution in [0.2, 0.25) is 5.15 Å². The zero-order chi connectivity index (χ0) is 11.8. The van der Waals surface area contributed by atoms with E-state index in [1.807, 2.05) is 17.0 Å². The van der Waals surface area contributed by atoms with Gasteiger partial charge < -0.3 is 9.80 Å². The molecule has 3 rings (SSSR count). The van der Waals surface area contributed by atoms with Crippen molar-refractivity contribution < 1.29 is 4.79 Å². The second-order valence-electron chi connectivity index (χ2n) is 4.56. The standard InChI is InChI=1S/C12H14ClN3O/c13-11-7-9(3-4-14-11)15-5-6-16-10(8-15)1-2-12(16)17/h3-4,7,10H,1-2,5-6,8H2. The molecule has 1 atom stereocenters. The fourth-order valence-electron chi connectivity index (χ4n) is 2.69. The van der Waals surface area contributed by atoms with E-state index in [0.29, 0.717) is 23.5 Å². The maximum atomic E-state index is 11.6. The van der Waals surface area contributed by atoms with E-state index in [1.54, 1.807) is 6.20 Å². The normalized spacial score (nSPS) is 24.1. The van der Waals surface area contributed by atoms with Gasteiger partial charge in [0.25, 0.3) is 0 Å². The smallest absolute Gasteiger partial charge is 0.223 e. The molecule has 1 unspecified atom stereocenters. The molecule has 1 amide bonds. The molecule has 1 aromatic rings. The van der Waals surface area contributed by atoms with Gasteiger partial charge in [0.1, 0.15) is 5.15 Å². The predicted molar refractivity (Wildman–Crippen MR) is 66.2 cm³/mol. The Balaban J connectivity index is 1.77. The minimum atomic E-state index is 0.308. The zero-order valence-electron chi connectivity index (χ0n) is 9.47. The number of pyridine rings is 1. The van der Waals surface area contributed by atoms with Gasteiger partial charge in [-0.15, -0.1) is 0 Å². The molecule has 0 aromatic carbocycles. The van der Waals surface area contributed by atoms with E-state index in [0.717, 1.165) is 31.7 Å². The Morgan fingerprint density at radius 1 is 1.41 bits per heavy atom. The molecule has 1 aromatic heterocycles. The molecule has 0 aliphatic carbocycles. The van der Waals surface area contributed by atoms with Gasteiger partial charge in [-0.1, -0.05) is 11.6 Å². The number of carbonyl (C=O) groups is 1. The number of rotatable bonds is 1. The number of hydrogen-bond acceptors (Lipinski definition) is 3. The van der Waals surface area contributed by atoms with E-state index >= 15 is 0 Å². The lowest BCUT2D eigenvalue weighted by atomic mass is 10.1. The van der Waals surface area contributed by atoms with E-state index in [2.05, 4.69) is 9.88 Å². The van der Waals surface area contributed by atoms with Gasteiger partial charge in [-0.3, -0.25) is 4.79 Å². The monoisotopic (exact) mass is 251 g/mol. The summed E-state index contributed by atoms with van der Waals surface area (Å²) in [6.07, 6.45) is 3.41. The highest BCUT2D eigenvalue weighted by Crippen LogP contribution is 2.26. The van der Waals surface area contributed by atoms with Crippen molar-refractivity contribution in [3.8, 4) is 0 Å². The van der Waals surface area contributed by atoms with Crippen LogP contribution < -0.4 is 4.90 Å². The first kappa shape index (κ1) is 10.8. The van der Waals surface area contributed by atoms with Gasteiger partial charge in [-0.05, 0) is 18.6 Å². The highest BCUT2D eigenvalue weighted by molar-refractivity contribution is 6.29. The van der Waals surface area contributed by atoms with Crippen molar-refractivity contribution in [1.29, 1.82) is 0 Å². The maximum Gasteiger partial charge on any atom is 0.223 e. The van der Waals surface area contributed by atoms with Crippen LogP contribution in [0.4, 0.5) is 5.69 Å². The summed E-state index contributed by atoms with van der Waals surface area (Å²) < 4.78 is 0. The molecule has 17 heavy (non-hydrogen) atoms. The third kappa shape index (κ3) is 1.97. The summed E-state index contributed by atoms with van der Waals surface area (Å²) in [6.45, 7) is 2.61. The SMILES string of the molecule is O=C1CCC2CN(c3ccnc(Cl)c3)CCN12. The summed E-state index contributed by atoms with van der Waals surface area (Å²) in [4.78, 5) is 19.9. The van der Waals surface area contributed by atoms with E-state index in [1.165, 1.54) is 0 Å². The van der Waals surface area contributed by atoms with Crippen LogP contribution in [-0.4, -0.2) is 41.5 Å². The molecular weight excluding hydrogens is 238 g/mol. The lowest BCUT2D eigenvalue weighted by Crippen LogP contribution is -2.51. The molecule has 2 saturated heterocycles. The van der Waals surface area contributed by atoms with Gasteiger partial charge >= 0.3 is 0 Å². The summed E-state index contributed by atoms with van der Waals surface area (Å²) in [5.41, 5.74) is 1.10. The van der Waals surface area contributed by atoms with Crippen molar-refractivity contribution in [2.75, 3.05) is 24.5 Å². The molecule has 0 saturated carbocycles. The van der Waals surface area contributed by atoms with Crippen molar-refractivity contribution in [1.82, 2.24) is 9.88 Å². The number of aromatic nitrogens is 1. The molecule has 2 fully saturated rings. The van der Waals surface area contributed by atoms with E-state index in [4.69, 9.17) is 11.6 Å². The Morgan fingerprint density at radius 3 is 3.12 bits per heavy atom. The quantitative estimate of drug-likeness (QED) is 0.711. The molecule has 4 nitrogen and oxygen atoms in total. The third-order valence-corrected chi connectivity index (χ3v) is 3.78. The molecule has 0 radical (unpaired) electrons. The fraction of sp³-hybridized carbons (Fsp3) is 0.500. The van der Waals surface area contributed by atoms with Crippen LogP contribution in [0.15, 0.2) is 18.3 Å². The van der Waals surface area contributed by atoms with Gasteiger partial charge in [-0.25, -0.2) is 4.98 Å². The zero-order valence-corrected chi connectivity index (χ0v) is 10.2. The summed E-state index contributed by atoms with van der Waals surface area (Å²) in [5.74, 6) is 0.308. The molecule has 90 valence electrons. The number of fused-ring (bicyclic) bond motifs is 1. The third-order valence-electron chi connectivity index (χ3n) is 3.57. The fourth-order valence-corrected chi connectivity index (χ4v) is 2.86. The topological polar surface area (TPSA) is 36.4 Å². The predicted octanol–water partition coefficient (Wildman–Crippen LogP) is 1.55. The average molecular weight is 252 g/mol. The van der Waals surface area contributed by atoms with Crippen molar-refractivity contribution in [3.63, 3.8) is 0 Å². The van der Waals surface area contributed by atoms with Gasteiger partial charge in [0.2, 0.25) is 5.91 Å². The molecule has 2 aliphatic rings. The number of hydrogen-bond donors (Lipinski definition) is 0. The molecule has 2 aliphatic heterocycles. The number of anilines is 1. The molecule has 3 heterocycles. The first-order valence-corrected chi connectivity index (χ1v) is 6.28. The molecule has 5 heteroatoms. The lowest BCUT2D eigenvalue weighted by Gasteiger charge is -2.38. The Labute approximate surface area is 105 Å². The van der Waals surface area contributed by atoms with Gasteiger partial charge in [-0.2, -0.15) is 0 Å². The Morgan fingerprint density at radius 2 is 2.29 bits per heavy atom. The summed E-state index contributed by atoms with van der Waals surface area (Å²) in [7, 11) is 0. The van der Waals surface area contributed by atoms with Crippen LogP contribution in [0.25, 0.3) is 0 Å². The second kappa shape index (κ2) is 4.18. The van der Waals surface area contributed by atoms with Crippen molar-refractivity contribution >= 4 is 23.2 Å². The van der Waals surface area contributed by atoms with Crippen LogP contribution in [0, 0.1) is 0 Å². The number of halogens is 1. The summed E-state index contributed by atoms with van der Waals surface area (Å²) in [6, 6.07) is 4.23. The average Bonchev–Trinajstić information content (AvgIpc) is 2.71. The van der Waals surface area contributed by atoms with Gasteiger partial charge in [0.05, 0.1) is 0 Å². The van der Waals surface area contributed by atoms with Crippen LogP contribution >= 0.6 is 11.6 Å². The number of carbonyl (C=O) groups excluding carboxylic acids is 1. The maximum absolute atomic E-state index is 11.6. The van der Waals surface area contributed by atoms with Crippen LogP contribution in [0.5, 0.6) is 0 Å². The van der Waals surface area contributed by atoms with E-state index in [9.17, 15) is 4.79 Å². The lowest BCUT2D eigenvalue weighted by molar-refractivity contribution is -0.129.